The van der Waals surface area contributed by atoms with Crippen molar-refractivity contribution in [1.29, 1.82) is 0 Å². The highest BCUT2D eigenvalue weighted by Crippen LogP contribution is 2.47. The predicted molar refractivity (Wildman–Crippen MR) is 132 cm³/mol. The van der Waals surface area contributed by atoms with Crippen LogP contribution < -0.4 is 5.32 Å². The van der Waals surface area contributed by atoms with E-state index in [0.29, 0.717) is 11.8 Å². The van der Waals surface area contributed by atoms with E-state index in [1.807, 2.05) is 39.0 Å². The van der Waals surface area contributed by atoms with Gasteiger partial charge in [0.05, 0.1) is 11.8 Å². The van der Waals surface area contributed by atoms with Crippen LogP contribution in [0.1, 0.15) is 52.1 Å². The smallest absolute Gasteiger partial charge is 0.407 e. The van der Waals surface area contributed by atoms with E-state index in [1.54, 1.807) is 19.4 Å². The molecule has 2 saturated carbocycles. The SMILES string of the molecule is CO[C@H]1C[C@H]2CC[C@H](NC(=O)OC(C)(C)C)C[C@H]2[C@@H]1/C=C/c1ccc(-c2cccc(F)c2)cn1. The van der Waals surface area contributed by atoms with Gasteiger partial charge in [0.1, 0.15) is 11.4 Å². The summed E-state index contributed by atoms with van der Waals surface area (Å²) in [4.78, 5) is 16.8. The van der Waals surface area contributed by atoms with Crippen molar-refractivity contribution in [1.82, 2.24) is 10.3 Å². The normalized spacial score (nSPS) is 26.9. The maximum atomic E-state index is 13.5. The molecule has 1 aromatic heterocycles. The van der Waals surface area contributed by atoms with Crippen LogP contribution in [-0.4, -0.2) is 35.9 Å². The van der Waals surface area contributed by atoms with E-state index in [0.717, 1.165) is 42.5 Å². The van der Waals surface area contributed by atoms with Gasteiger partial charge in [-0.3, -0.25) is 4.98 Å². The average Bonchev–Trinajstić information content (AvgIpc) is 3.13. The van der Waals surface area contributed by atoms with E-state index in [9.17, 15) is 9.18 Å². The van der Waals surface area contributed by atoms with Gasteiger partial charge in [0.15, 0.2) is 0 Å². The summed E-state index contributed by atoms with van der Waals surface area (Å²) >= 11 is 0. The molecule has 2 aromatic rings. The van der Waals surface area contributed by atoms with E-state index in [-0.39, 0.29) is 30.0 Å². The number of nitrogens with one attached hydrogen (secondary N) is 1. The van der Waals surface area contributed by atoms with E-state index in [1.165, 1.54) is 12.1 Å². The van der Waals surface area contributed by atoms with Crippen molar-refractivity contribution >= 4 is 12.2 Å². The zero-order valence-corrected chi connectivity index (χ0v) is 20.5. The lowest BCUT2D eigenvalue weighted by molar-refractivity contribution is 0.0468. The Balaban J connectivity index is 1.43. The Morgan fingerprint density at radius 1 is 1.15 bits per heavy atom. The lowest BCUT2D eigenvalue weighted by atomic mass is 9.75. The van der Waals surface area contributed by atoms with Crippen molar-refractivity contribution in [3.8, 4) is 11.1 Å². The summed E-state index contributed by atoms with van der Waals surface area (Å²) in [6.07, 6.45) is 9.89. The molecule has 0 saturated heterocycles. The third kappa shape index (κ3) is 6.03. The highest BCUT2D eigenvalue weighted by atomic mass is 19.1. The number of nitrogens with zero attached hydrogens (tertiary/aromatic N) is 1. The van der Waals surface area contributed by atoms with Crippen molar-refractivity contribution in [2.24, 2.45) is 17.8 Å². The first-order chi connectivity index (χ1) is 16.2. The molecular formula is C28H35FN2O3. The van der Waals surface area contributed by atoms with Gasteiger partial charge in [-0.15, -0.1) is 0 Å². The fourth-order valence-corrected chi connectivity index (χ4v) is 5.44. The summed E-state index contributed by atoms with van der Waals surface area (Å²) < 4.78 is 24.8. The molecule has 1 amide bonds. The number of fused-ring (bicyclic) bond motifs is 1. The number of rotatable bonds is 5. The number of methoxy groups -OCH3 is 1. The minimum absolute atomic E-state index is 0.117. The van der Waals surface area contributed by atoms with Gasteiger partial charge < -0.3 is 14.8 Å². The van der Waals surface area contributed by atoms with E-state index in [4.69, 9.17) is 9.47 Å². The molecule has 0 bridgehead atoms. The van der Waals surface area contributed by atoms with Crippen molar-refractivity contribution in [2.75, 3.05) is 7.11 Å². The van der Waals surface area contributed by atoms with Gasteiger partial charge >= 0.3 is 6.09 Å². The third-order valence-electron chi connectivity index (χ3n) is 6.96. The molecule has 1 heterocycles. The van der Waals surface area contributed by atoms with Crippen molar-refractivity contribution in [3.05, 3.63) is 60.2 Å². The fourth-order valence-electron chi connectivity index (χ4n) is 5.44. The summed E-state index contributed by atoms with van der Waals surface area (Å²) in [6, 6.07) is 10.6. The second-order valence-corrected chi connectivity index (χ2v) is 10.5. The van der Waals surface area contributed by atoms with Crippen LogP contribution in [0.4, 0.5) is 9.18 Å². The molecule has 0 unspecified atom stereocenters. The Morgan fingerprint density at radius 2 is 1.97 bits per heavy atom. The summed E-state index contributed by atoms with van der Waals surface area (Å²) in [6.45, 7) is 5.63. The highest BCUT2D eigenvalue weighted by Gasteiger charge is 2.45. The van der Waals surface area contributed by atoms with Crippen LogP contribution in [-0.2, 0) is 9.47 Å². The molecule has 0 radical (unpaired) electrons. The lowest BCUT2D eigenvalue weighted by Crippen LogP contribution is -2.43. The molecule has 4 rings (SSSR count). The zero-order chi connectivity index (χ0) is 24.3. The number of benzene rings is 1. The summed E-state index contributed by atoms with van der Waals surface area (Å²) in [5.41, 5.74) is 2.05. The number of amides is 1. The topological polar surface area (TPSA) is 60.5 Å². The number of pyridine rings is 1. The summed E-state index contributed by atoms with van der Waals surface area (Å²) in [5, 5.41) is 3.08. The zero-order valence-electron chi connectivity index (χ0n) is 20.5. The van der Waals surface area contributed by atoms with Crippen molar-refractivity contribution in [2.45, 2.75) is 64.2 Å². The first-order valence-electron chi connectivity index (χ1n) is 12.1. The number of aromatic nitrogens is 1. The lowest BCUT2D eigenvalue weighted by Gasteiger charge is -2.34. The fraction of sp³-hybridized carbons (Fsp3) is 0.500. The van der Waals surface area contributed by atoms with E-state index >= 15 is 0 Å². The Morgan fingerprint density at radius 3 is 2.65 bits per heavy atom. The average molecular weight is 467 g/mol. The number of halogens is 1. The van der Waals surface area contributed by atoms with Crippen LogP contribution in [0, 0.1) is 23.6 Å². The van der Waals surface area contributed by atoms with E-state index < -0.39 is 5.60 Å². The quantitative estimate of drug-likeness (QED) is 0.566. The van der Waals surface area contributed by atoms with Gasteiger partial charge in [-0.05, 0) is 88.1 Å². The van der Waals surface area contributed by atoms with E-state index in [2.05, 4.69) is 22.5 Å². The molecule has 2 aliphatic rings. The highest BCUT2D eigenvalue weighted by molar-refractivity contribution is 5.68. The van der Waals surface area contributed by atoms with Crippen LogP contribution >= 0.6 is 0 Å². The molecule has 5 atom stereocenters. The Kier molecular flexibility index (Phi) is 7.36. The second-order valence-electron chi connectivity index (χ2n) is 10.5. The number of hydrogen-bond acceptors (Lipinski definition) is 4. The van der Waals surface area contributed by atoms with Crippen LogP contribution in [0.2, 0.25) is 0 Å². The van der Waals surface area contributed by atoms with Crippen LogP contribution in [0.3, 0.4) is 0 Å². The third-order valence-corrected chi connectivity index (χ3v) is 6.96. The molecule has 6 heteroatoms. The Labute approximate surface area is 201 Å². The second kappa shape index (κ2) is 10.3. The number of ether oxygens (including phenoxy) is 2. The van der Waals surface area contributed by atoms with Gasteiger partial charge in [0, 0.05) is 30.8 Å². The van der Waals surface area contributed by atoms with Crippen LogP contribution in [0.5, 0.6) is 0 Å². The number of carbonyl (C=O) groups is 1. The van der Waals surface area contributed by atoms with Crippen LogP contribution in [0.15, 0.2) is 48.7 Å². The minimum Gasteiger partial charge on any atom is -0.444 e. The van der Waals surface area contributed by atoms with Gasteiger partial charge in [-0.2, -0.15) is 0 Å². The first kappa shape index (κ1) is 24.4. The number of alkyl carbamates (subject to hydrolysis) is 1. The molecule has 2 aliphatic carbocycles. The molecule has 0 aliphatic heterocycles. The molecule has 2 fully saturated rings. The van der Waals surface area contributed by atoms with Gasteiger partial charge in [0.25, 0.3) is 0 Å². The minimum atomic E-state index is -0.502. The van der Waals surface area contributed by atoms with Gasteiger partial charge in [0.2, 0.25) is 0 Å². The van der Waals surface area contributed by atoms with Crippen LogP contribution in [0.25, 0.3) is 17.2 Å². The molecular weight excluding hydrogens is 431 g/mol. The molecule has 1 aromatic carbocycles. The van der Waals surface area contributed by atoms with Gasteiger partial charge in [-0.25, -0.2) is 9.18 Å². The molecule has 34 heavy (non-hydrogen) atoms. The van der Waals surface area contributed by atoms with Crippen molar-refractivity contribution in [3.63, 3.8) is 0 Å². The molecule has 182 valence electrons. The summed E-state index contributed by atoms with van der Waals surface area (Å²) in [7, 11) is 1.78. The van der Waals surface area contributed by atoms with Gasteiger partial charge in [-0.1, -0.05) is 24.3 Å². The van der Waals surface area contributed by atoms with Crippen molar-refractivity contribution < 1.29 is 18.7 Å². The first-order valence-corrected chi connectivity index (χ1v) is 12.1. The molecule has 5 nitrogen and oxygen atoms in total. The molecule has 1 N–H and O–H groups in total. The predicted octanol–water partition coefficient (Wildman–Crippen LogP) is 6.25. The Hall–Kier alpha value is -2.73. The summed E-state index contributed by atoms with van der Waals surface area (Å²) in [5.74, 6) is 1.05. The monoisotopic (exact) mass is 466 g/mol. The largest absolute Gasteiger partial charge is 0.444 e. The molecule has 0 spiro atoms. The maximum Gasteiger partial charge on any atom is 0.407 e. The Bertz CT molecular complexity index is 1020. The standard InChI is InChI=1S/C28H35FN2O3/c1-28(2,3)34-27(32)31-23-11-8-19-15-26(33-4)24(25(19)16-23)13-12-22-10-9-20(17-30-22)18-6-5-7-21(29)14-18/h5-7,9-10,12-14,17,19,23-26H,8,11,15-16H2,1-4H3,(H,31,32)/b13-12+/t19-,23+,24+,25-,26+/m1/s1. The maximum absolute atomic E-state index is 13.5. The number of carbonyl (C=O) groups excluding carboxylic acids is 1. The number of hydrogen-bond donors (Lipinski definition) is 1.